The summed E-state index contributed by atoms with van der Waals surface area (Å²) < 4.78 is 18.2. The van der Waals surface area contributed by atoms with E-state index in [0.29, 0.717) is 23.1 Å². The molecule has 9 heteroatoms. The van der Waals surface area contributed by atoms with E-state index < -0.39 is 11.6 Å². The molecule has 1 aromatic heterocycles. The van der Waals surface area contributed by atoms with Crippen LogP contribution in [0.2, 0.25) is 0 Å². The van der Waals surface area contributed by atoms with E-state index >= 15 is 0 Å². The number of carbonyl (C=O) groups is 1. The lowest BCUT2D eigenvalue weighted by atomic mass is 9.79. The highest BCUT2D eigenvalue weighted by Crippen LogP contribution is 2.42. The maximum absolute atomic E-state index is 13.1. The van der Waals surface area contributed by atoms with E-state index in [1.807, 2.05) is 36.4 Å². The predicted molar refractivity (Wildman–Crippen MR) is 110 cm³/mol. The lowest BCUT2D eigenvalue weighted by Gasteiger charge is -2.42. The van der Waals surface area contributed by atoms with Crippen LogP contribution in [0.15, 0.2) is 48.5 Å². The number of amides is 1. The van der Waals surface area contributed by atoms with Gasteiger partial charge in [0.25, 0.3) is 0 Å². The molecule has 31 heavy (non-hydrogen) atoms. The topological polar surface area (TPSA) is 91.6 Å². The van der Waals surface area contributed by atoms with Crippen LogP contribution < -0.4 is 14.2 Å². The number of rotatable bonds is 4. The Morgan fingerprint density at radius 3 is 2.65 bits per heavy atom. The molecule has 1 saturated carbocycles. The molecule has 9 nitrogen and oxygen atoms in total. The van der Waals surface area contributed by atoms with E-state index in [9.17, 15) is 4.79 Å². The van der Waals surface area contributed by atoms with Crippen molar-refractivity contribution in [3.05, 3.63) is 54.4 Å². The van der Waals surface area contributed by atoms with Gasteiger partial charge in [-0.2, -0.15) is 4.68 Å². The number of aromatic nitrogens is 4. The summed E-state index contributed by atoms with van der Waals surface area (Å²) in [6.07, 6.45) is 4.10. The molecule has 0 spiro atoms. The van der Waals surface area contributed by atoms with Gasteiger partial charge in [0.1, 0.15) is 11.3 Å². The normalized spacial score (nSPS) is 16.7. The third kappa shape index (κ3) is 3.45. The molecule has 1 aliphatic heterocycles. The first-order valence-corrected chi connectivity index (χ1v) is 10.4. The van der Waals surface area contributed by atoms with Crippen molar-refractivity contribution in [2.24, 2.45) is 0 Å². The number of carbonyl (C=O) groups excluding carboxylic acids is 1. The summed E-state index contributed by atoms with van der Waals surface area (Å²) in [7, 11) is 1.76. The summed E-state index contributed by atoms with van der Waals surface area (Å²) in [5.41, 5.74) is 0.0725. The van der Waals surface area contributed by atoms with Crippen molar-refractivity contribution in [3.63, 3.8) is 0 Å². The molecule has 0 unspecified atom stereocenters. The van der Waals surface area contributed by atoms with Crippen LogP contribution in [0.1, 0.15) is 37.9 Å². The molecule has 1 fully saturated rings. The monoisotopic (exact) mass is 421 g/mol. The summed E-state index contributed by atoms with van der Waals surface area (Å²) in [5, 5.41) is 12.6. The number of fused-ring (bicyclic) bond motifs is 1. The van der Waals surface area contributed by atoms with Gasteiger partial charge in [0.15, 0.2) is 17.3 Å². The van der Waals surface area contributed by atoms with Crippen molar-refractivity contribution < 1.29 is 19.0 Å². The minimum atomic E-state index is -0.677. The number of ether oxygens (including phenoxy) is 3. The smallest absolute Gasteiger partial charge is 0.415 e. The quantitative estimate of drug-likeness (QED) is 0.634. The van der Waals surface area contributed by atoms with E-state index in [1.165, 1.54) is 0 Å². The summed E-state index contributed by atoms with van der Waals surface area (Å²) in [4.78, 5) is 14.7. The summed E-state index contributed by atoms with van der Waals surface area (Å²) in [6.45, 7) is 0.194. The highest BCUT2D eigenvalue weighted by Gasteiger charge is 2.45. The molecule has 0 atom stereocenters. The van der Waals surface area contributed by atoms with Crippen LogP contribution in [-0.4, -0.2) is 45.0 Å². The van der Waals surface area contributed by atoms with Gasteiger partial charge in [-0.05, 0) is 47.5 Å². The van der Waals surface area contributed by atoms with Gasteiger partial charge in [0, 0.05) is 13.1 Å². The van der Waals surface area contributed by atoms with E-state index in [0.717, 1.165) is 37.8 Å². The van der Waals surface area contributed by atoms with Crippen LogP contribution >= 0.6 is 0 Å². The zero-order valence-electron chi connectivity index (χ0n) is 17.2. The molecular weight excluding hydrogens is 398 g/mol. The fraction of sp³-hybridized carbons (Fsp3) is 0.364. The Morgan fingerprint density at radius 1 is 1.06 bits per heavy atom. The Hall–Kier alpha value is -3.62. The van der Waals surface area contributed by atoms with Crippen molar-refractivity contribution in [2.75, 3.05) is 13.8 Å². The van der Waals surface area contributed by atoms with Crippen molar-refractivity contribution >= 4 is 6.09 Å². The third-order valence-corrected chi connectivity index (χ3v) is 6.03. The maximum Gasteiger partial charge on any atom is 0.415 e. The minimum absolute atomic E-state index is 0.194. The maximum atomic E-state index is 13.1. The number of para-hydroxylation sites is 1. The molecule has 1 amide bonds. The van der Waals surface area contributed by atoms with Gasteiger partial charge >= 0.3 is 6.09 Å². The highest BCUT2D eigenvalue weighted by atomic mass is 16.7. The number of tetrazole rings is 1. The standard InChI is InChI=1S/C22H23N5O4/c1-26(21(28)31-17-8-4-2-5-9-17)22(12-6-3-7-13-22)20-23-24-25-27(20)16-10-11-18-19(14-16)30-15-29-18/h2,4-5,8-11,14H,3,6-7,12-13,15H2,1H3. The van der Waals surface area contributed by atoms with Crippen LogP contribution in [0.5, 0.6) is 17.2 Å². The average Bonchev–Trinajstić information content (AvgIpc) is 3.49. The first kappa shape index (κ1) is 19.3. The van der Waals surface area contributed by atoms with E-state index in [-0.39, 0.29) is 6.79 Å². The van der Waals surface area contributed by atoms with Gasteiger partial charge in [0.05, 0.1) is 5.69 Å². The third-order valence-electron chi connectivity index (χ3n) is 6.03. The van der Waals surface area contributed by atoms with Crippen LogP contribution in [-0.2, 0) is 5.54 Å². The number of benzene rings is 2. The average molecular weight is 421 g/mol. The number of hydrogen-bond donors (Lipinski definition) is 0. The largest absolute Gasteiger partial charge is 0.454 e. The van der Waals surface area contributed by atoms with Gasteiger partial charge in [-0.15, -0.1) is 5.10 Å². The lowest BCUT2D eigenvalue weighted by Crippen LogP contribution is -2.51. The molecule has 2 aromatic carbocycles. The lowest BCUT2D eigenvalue weighted by molar-refractivity contribution is 0.0622. The molecule has 2 aliphatic rings. The van der Waals surface area contributed by atoms with Gasteiger partial charge in [0.2, 0.25) is 6.79 Å². The predicted octanol–water partition coefficient (Wildman–Crippen LogP) is 3.68. The second kappa shape index (κ2) is 7.90. The van der Waals surface area contributed by atoms with Gasteiger partial charge in [-0.25, -0.2) is 4.79 Å². The Kier molecular flexibility index (Phi) is 4.93. The van der Waals surface area contributed by atoms with Crippen molar-refractivity contribution in [2.45, 2.75) is 37.6 Å². The Balaban J connectivity index is 1.51. The fourth-order valence-electron chi connectivity index (χ4n) is 4.35. The van der Waals surface area contributed by atoms with Crippen molar-refractivity contribution in [1.29, 1.82) is 0 Å². The van der Waals surface area contributed by atoms with Crippen LogP contribution in [0.3, 0.4) is 0 Å². The first-order chi connectivity index (χ1) is 15.2. The van der Waals surface area contributed by atoms with Gasteiger partial charge in [-0.1, -0.05) is 37.5 Å². The van der Waals surface area contributed by atoms with Crippen molar-refractivity contribution in [3.8, 4) is 22.9 Å². The summed E-state index contributed by atoms with van der Waals surface area (Å²) >= 11 is 0. The molecule has 3 aromatic rings. The second-order valence-corrected chi connectivity index (χ2v) is 7.78. The molecule has 0 radical (unpaired) electrons. The molecule has 5 rings (SSSR count). The van der Waals surface area contributed by atoms with E-state index in [4.69, 9.17) is 14.2 Å². The first-order valence-electron chi connectivity index (χ1n) is 10.4. The summed E-state index contributed by atoms with van der Waals surface area (Å²) in [6, 6.07) is 14.6. The summed E-state index contributed by atoms with van der Waals surface area (Å²) in [5.74, 6) is 2.45. The Labute approximate surface area is 179 Å². The Morgan fingerprint density at radius 2 is 1.84 bits per heavy atom. The SMILES string of the molecule is CN(C(=O)Oc1ccccc1)C1(c2nnnn2-c2ccc3c(c2)OCO3)CCCCC1. The zero-order valence-corrected chi connectivity index (χ0v) is 17.2. The molecule has 1 aliphatic carbocycles. The van der Waals surface area contributed by atoms with Gasteiger partial charge < -0.3 is 14.2 Å². The minimum Gasteiger partial charge on any atom is -0.454 e. The fourth-order valence-corrected chi connectivity index (χ4v) is 4.35. The number of hydrogen-bond acceptors (Lipinski definition) is 7. The van der Waals surface area contributed by atoms with Gasteiger partial charge in [-0.3, -0.25) is 4.90 Å². The highest BCUT2D eigenvalue weighted by molar-refractivity contribution is 5.71. The molecule has 0 bridgehead atoms. The van der Waals surface area contributed by atoms with Crippen LogP contribution in [0, 0.1) is 0 Å². The van der Waals surface area contributed by atoms with E-state index in [2.05, 4.69) is 15.5 Å². The van der Waals surface area contributed by atoms with Crippen LogP contribution in [0.4, 0.5) is 4.79 Å². The second-order valence-electron chi connectivity index (χ2n) is 7.78. The molecule has 160 valence electrons. The molecule has 0 N–H and O–H groups in total. The van der Waals surface area contributed by atoms with Crippen molar-refractivity contribution in [1.82, 2.24) is 25.1 Å². The molecular formula is C22H23N5O4. The Bertz CT molecular complexity index is 1080. The zero-order chi connectivity index (χ0) is 21.3. The van der Waals surface area contributed by atoms with Crippen LogP contribution in [0.25, 0.3) is 5.69 Å². The van der Waals surface area contributed by atoms with E-state index in [1.54, 1.807) is 28.8 Å². The molecule has 0 saturated heterocycles. The number of nitrogens with zero attached hydrogens (tertiary/aromatic N) is 5. The molecule has 2 heterocycles.